The maximum Gasteiger partial charge on any atom is 0.335 e. The van der Waals surface area contributed by atoms with Crippen molar-refractivity contribution in [3.63, 3.8) is 0 Å². The van der Waals surface area contributed by atoms with Crippen LogP contribution in [0.2, 0.25) is 0 Å². The maximum atomic E-state index is 13.8. The van der Waals surface area contributed by atoms with Gasteiger partial charge in [-0.25, -0.2) is 9.79 Å². The van der Waals surface area contributed by atoms with Crippen molar-refractivity contribution in [3.05, 3.63) is 117 Å². The summed E-state index contributed by atoms with van der Waals surface area (Å²) in [7, 11) is 1.58. The van der Waals surface area contributed by atoms with E-state index in [1.54, 1.807) is 20.1 Å². The minimum Gasteiger partial charge on any atom is -0.497 e. The number of rotatable bonds is 8. The second-order valence-corrected chi connectivity index (χ2v) is 9.46. The van der Waals surface area contributed by atoms with Gasteiger partial charge in [0.15, 0.2) is 5.17 Å². The maximum absolute atomic E-state index is 13.8. The van der Waals surface area contributed by atoms with E-state index in [0.29, 0.717) is 22.2 Å². The summed E-state index contributed by atoms with van der Waals surface area (Å²) in [5, 5.41) is 22.0. The highest BCUT2D eigenvalue weighted by Gasteiger charge is 2.40. The van der Waals surface area contributed by atoms with Gasteiger partial charge in [-0.1, -0.05) is 66.4 Å². The van der Waals surface area contributed by atoms with Gasteiger partial charge < -0.3 is 9.84 Å². The molecule has 0 aliphatic carbocycles. The number of hydrogen-bond donors (Lipinski definition) is 1. The Labute approximate surface area is 223 Å². The number of amides is 1. The molecule has 0 saturated heterocycles. The fourth-order valence-corrected chi connectivity index (χ4v) is 5.20. The molecule has 1 N–H and O–H groups in total. The first-order valence-electron chi connectivity index (χ1n) is 11.7. The molecule has 194 valence electrons. The van der Waals surface area contributed by atoms with E-state index in [0.717, 1.165) is 11.1 Å². The number of non-ortho nitro benzene ring substituents is 1. The van der Waals surface area contributed by atoms with E-state index >= 15 is 0 Å². The molecule has 10 heteroatoms. The molecule has 0 saturated carbocycles. The van der Waals surface area contributed by atoms with Crippen LogP contribution in [-0.2, 0) is 21.8 Å². The SMILES string of the molecule is COc1ccc(CSC2=NC(C)=C(C(=O)O)C(c3cccc([N+](=O)[O-])c3)N2C(=O)Cc2ccccc2)cc1. The van der Waals surface area contributed by atoms with E-state index in [2.05, 4.69) is 4.99 Å². The van der Waals surface area contributed by atoms with E-state index in [4.69, 9.17) is 4.74 Å². The number of carbonyl (C=O) groups is 2. The molecule has 4 rings (SSSR count). The lowest BCUT2D eigenvalue weighted by molar-refractivity contribution is -0.384. The molecular weight excluding hydrogens is 506 g/mol. The van der Waals surface area contributed by atoms with Gasteiger partial charge in [-0.3, -0.25) is 19.8 Å². The van der Waals surface area contributed by atoms with Crippen LogP contribution in [0.3, 0.4) is 0 Å². The Bertz CT molecular complexity index is 1420. The monoisotopic (exact) mass is 531 g/mol. The van der Waals surface area contributed by atoms with Crippen molar-refractivity contribution >= 4 is 34.5 Å². The van der Waals surface area contributed by atoms with Crippen molar-refractivity contribution in [1.82, 2.24) is 4.90 Å². The second kappa shape index (κ2) is 11.7. The molecule has 1 aliphatic heterocycles. The summed E-state index contributed by atoms with van der Waals surface area (Å²) < 4.78 is 5.21. The number of carbonyl (C=O) groups excluding carboxylic acids is 1. The van der Waals surface area contributed by atoms with E-state index in [9.17, 15) is 24.8 Å². The second-order valence-electron chi connectivity index (χ2n) is 8.52. The highest BCUT2D eigenvalue weighted by Crippen LogP contribution is 2.39. The molecule has 9 nitrogen and oxygen atoms in total. The average molecular weight is 532 g/mol. The van der Waals surface area contributed by atoms with Crippen molar-refractivity contribution in [2.45, 2.75) is 25.1 Å². The standard InChI is InChI=1S/C28H25N3O6S/c1-18-25(27(33)34)26(21-9-6-10-22(16-21)31(35)36)30(24(32)15-19-7-4-3-5-8-19)28(29-18)38-17-20-11-13-23(37-2)14-12-20/h3-14,16,26H,15,17H2,1-2H3,(H,33,34). The van der Waals surface area contributed by atoms with Crippen LogP contribution in [0.5, 0.6) is 5.75 Å². The Morgan fingerprint density at radius 1 is 1.05 bits per heavy atom. The first kappa shape index (κ1) is 26.6. The van der Waals surface area contributed by atoms with Crippen molar-refractivity contribution in [2.75, 3.05) is 7.11 Å². The van der Waals surface area contributed by atoms with Gasteiger partial charge in [-0.05, 0) is 35.7 Å². The predicted molar refractivity (Wildman–Crippen MR) is 145 cm³/mol. The van der Waals surface area contributed by atoms with E-state index in [1.807, 2.05) is 54.6 Å². The molecule has 38 heavy (non-hydrogen) atoms. The number of thioether (sulfide) groups is 1. The van der Waals surface area contributed by atoms with Crippen LogP contribution in [0.25, 0.3) is 0 Å². The molecule has 0 radical (unpaired) electrons. The Kier molecular flexibility index (Phi) is 8.22. The number of nitrogens with zero attached hydrogens (tertiary/aromatic N) is 3. The summed E-state index contributed by atoms with van der Waals surface area (Å²) in [6, 6.07) is 21.2. The number of nitro benzene ring substituents is 1. The number of amidine groups is 1. The Hall–Kier alpha value is -4.44. The molecule has 0 aromatic heterocycles. The smallest absolute Gasteiger partial charge is 0.335 e. The quantitative estimate of drug-likeness (QED) is 0.306. The predicted octanol–water partition coefficient (Wildman–Crippen LogP) is 5.38. The van der Waals surface area contributed by atoms with Crippen molar-refractivity contribution < 1.29 is 24.4 Å². The van der Waals surface area contributed by atoms with Crippen LogP contribution >= 0.6 is 11.8 Å². The molecular formula is C28H25N3O6S. The molecule has 1 aliphatic rings. The number of ether oxygens (including phenoxy) is 1. The van der Waals surface area contributed by atoms with Crippen molar-refractivity contribution in [1.29, 1.82) is 0 Å². The van der Waals surface area contributed by atoms with Crippen LogP contribution in [0, 0.1) is 10.1 Å². The lowest BCUT2D eigenvalue weighted by atomic mass is 9.93. The lowest BCUT2D eigenvalue weighted by Crippen LogP contribution is -2.44. The zero-order valence-corrected chi connectivity index (χ0v) is 21.6. The zero-order chi connectivity index (χ0) is 27.2. The number of benzene rings is 3. The third-order valence-electron chi connectivity index (χ3n) is 6.01. The molecule has 1 unspecified atom stereocenters. The van der Waals surface area contributed by atoms with Gasteiger partial charge in [-0.2, -0.15) is 0 Å². The van der Waals surface area contributed by atoms with Crippen LogP contribution in [0.15, 0.2) is 95.1 Å². The average Bonchev–Trinajstić information content (AvgIpc) is 2.92. The topological polar surface area (TPSA) is 122 Å². The Balaban J connectivity index is 1.78. The summed E-state index contributed by atoms with van der Waals surface area (Å²) in [6.07, 6.45) is 0.000327. The highest BCUT2D eigenvalue weighted by molar-refractivity contribution is 8.13. The number of carboxylic acid groups (broad SMARTS) is 1. The number of methoxy groups -OCH3 is 1. The number of nitro groups is 1. The fraction of sp³-hybridized carbons (Fsp3) is 0.179. The molecule has 1 atom stereocenters. The van der Waals surface area contributed by atoms with Gasteiger partial charge >= 0.3 is 5.97 Å². The molecule has 0 fully saturated rings. The van der Waals surface area contributed by atoms with Gasteiger partial charge in [0.25, 0.3) is 5.69 Å². The number of allylic oxidation sites excluding steroid dienone is 1. The third kappa shape index (κ3) is 5.92. The van der Waals surface area contributed by atoms with Crippen LogP contribution in [0.4, 0.5) is 5.69 Å². The minimum atomic E-state index is -1.25. The summed E-state index contributed by atoms with van der Waals surface area (Å²) >= 11 is 1.29. The summed E-state index contributed by atoms with van der Waals surface area (Å²) in [5.74, 6) is -0.460. The molecule has 1 amide bonds. The summed E-state index contributed by atoms with van der Waals surface area (Å²) in [5.41, 5.74) is 1.94. The number of carboxylic acids is 1. The molecule has 3 aromatic rings. The summed E-state index contributed by atoms with van der Waals surface area (Å²) in [4.78, 5) is 43.1. The minimum absolute atomic E-state index is 0.000327. The van der Waals surface area contributed by atoms with Crippen molar-refractivity contribution in [2.24, 2.45) is 4.99 Å². The van der Waals surface area contributed by atoms with Gasteiger partial charge in [0, 0.05) is 17.9 Å². The third-order valence-corrected chi connectivity index (χ3v) is 7.04. The largest absolute Gasteiger partial charge is 0.497 e. The number of hydrogen-bond acceptors (Lipinski definition) is 7. The molecule has 0 bridgehead atoms. The van der Waals surface area contributed by atoms with E-state index in [1.165, 1.54) is 34.9 Å². The van der Waals surface area contributed by atoms with Crippen molar-refractivity contribution in [3.8, 4) is 5.75 Å². The lowest BCUT2D eigenvalue weighted by Gasteiger charge is -2.36. The Morgan fingerprint density at radius 3 is 2.39 bits per heavy atom. The summed E-state index contributed by atoms with van der Waals surface area (Å²) in [6.45, 7) is 1.57. The van der Waals surface area contributed by atoms with E-state index in [-0.39, 0.29) is 29.3 Å². The van der Waals surface area contributed by atoms with Gasteiger partial charge in [0.1, 0.15) is 5.75 Å². The van der Waals surface area contributed by atoms with Crippen LogP contribution in [-0.4, -0.2) is 39.1 Å². The number of aliphatic imine (C=N–C) groups is 1. The zero-order valence-electron chi connectivity index (χ0n) is 20.7. The van der Waals surface area contributed by atoms with Gasteiger partial charge in [-0.15, -0.1) is 0 Å². The van der Waals surface area contributed by atoms with E-state index < -0.39 is 16.9 Å². The molecule has 0 spiro atoms. The fourth-order valence-electron chi connectivity index (χ4n) is 4.17. The van der Waals surface area contributed by atoms with Gasteiger partial charge in [0.2, 0.25) is 5.91 Å². The highest BCUT2D eigenvalue weighted by atomic mass is 32.2. The number of aliphatic carboxylic acids is 1. The first-order chi connectivity index (χ1) is 18.3. The Morgan fingerprint density at radius 2 is 1.76 bits per heavy atom. The molecule has 1 heterocycles. The normalized spacial score (nSPS) is 15.2. The first-order valence-corrected chi connectivity index (χ1v) is 12.7. The van der Waals surface area contributed by atoms with Crippen LogP contribution in [0.1, 0.15) is 29.7 Å². The molecule has 3 aromatic carbocycles. The van der Waals surface area contributed by atoms with Gasteiger partial charge in [0.05, 0.1) is 35.8 Å². The van der Waals surface area contributed by atoms with Crippen LogP contribution < -0.4 is 4.74 Å².